The van der Waals surface area contributed by atoms with Gasteiger partial charge in [-0.3, -0.25) is 14.5 Å². The molecule has 1 saturated carbocycles. The van der Waals surface area contributed by atoms with Crippen molar-refractivity contribution < 1.29 is 14.4 Å². The second-order valence-corrected chi connectivity index (χ2v) is 7.86. The number of carbonyl (C=O) groups excluding carboxylic acids is 3. The van der Waals surface area contributed by atoms with Gasteiger partial charge in [0.2, 0.25) is 11.8 Å². The number of thiazole rings is 1. The number of urea groups is 1. The molecule has 1 aliphatic carbocycles. The highest BCUT2D eigenvalue weighted by Gasteiger charge is 2.29. The first-order chi connectivity index (χ1) is 13.5. The van der Waals surface area contributed by atoms with Crippen LogP contribution in [0, 0.1) is 12.8 Å². The van der Waals surface area contributed by atoms with Gasteiger partial charge >= 0.3 is 6.03 Å². The van der Waals surface area contributed by atoms with Crippen molar-refractivity contribution in [2.24, 2.45) is 5.92 Å². The molecule has 1 saturated heterocycles. The lowest BCUT2D eigenvalue weighted by atomic mass is 10.1. The van der Waals surface area contributed by atoms with Crippen LogP contribution in [0.25, 0.3) is 0 Å². The number of aromatic nitrogens is 1. The summed E-state index contributed by atoms with van der Waals surface area (Å²) in [5, 5.41) is 10.9. The van der Waals surface area contributed by atoms with Gasteiger partial charge in [0, 0.05) is 35.8 Å². The Balaban J connectivity index is 1.38. The average Bonchev–Trinajstić information content (AvgIpc) is 3.28. The third kappa shape index (κ3) is 4.14. The zero-order chi connectivity index (χ0) is 19.7. The number of rotatable bonds is 6. The van der Waals surface area contributed by atoms with E-state index in [1.807, 2.05) is 19.1 Å². The van der Waals surface area contributed by atoms with Crippen LogP contribution in [0.4, 0.5) is 21.3 Å². The van der Waals surface area contributed by atoms with Crippen molar-refractivity contribution >= 4 is 45.7 Å². The first kappa shape index (κ1) is 18.4. The fourth-order valence-electron chi connectivity index (χ4n) is 2.94. The highest BCUT2D eigenvalue weighted by Crippen LogP contribution is 2.31. The monoisotopic (exact) mass is 399 g/mol. The van der Waals surface area contributed by atoms with Crippen LogP contribution in [0.15, 0.2) is 23.6 Å². The minimum atomic E-state index is -0.198. The Morgan fingerprint density at radius 2 is 2.14 bits per heavy atom. The number of benzene rings is 1. The SMILES string of the molecule is Cc1ccc(NC(=O)C2CC2)cc1NC(=O)Cc1csc(N2CCNC2=O)n1. The second kappa shape index (κ2) is 7.59. The summed E-state index contributed by atoms with van der Waals surface area (Å²) >= 11 is 1.35. The van der Waals surface area contributed by atoms with E-state index in [1.165, 1.54) is 11.3 Å². The molecule has 0 spiro atoms. The van der Waals surface area contributed by atoms with Crippen molar-refractivity contribution in [2.75, 3.05) is 28.6 Å². The summed E-state index contributed by atoms with van der Waals surface area (Å²) in [6.07, 6.45) is 2.00. The van der Waals surface area contributed by atoms with Gasteiger partial charge in [-0.25, -0.2) is 9.78 Å². The number of amides is 4. The molecule has 8 nitrogen and oxygen atoms in total. The summed E-state index contributed by atoms with van der Waals surface area (Å²) in [6.45, 7) is 3.08. The van der Waals surface area contributed by atoms with Crippen molar-refractivity contribution in [1.82, 2.24) is 10.3 Å². The van der Waals surface area contributed by atoms with Gasteiger partial charge in [0.1, 0.15) is 0 Å². The van der Waals surface area contributed by atoms with Crippen LogP contribution in [0.1, 0.15) is 24.1 Å². The van der Waals surface area contributed by atoms with E-state index in [-0.39, 0.29) is 30.2 Å². The maximum Gasteiger partial charge on any atom is 0.323 e. The smallest absolute Gasteiger partial charge is 0.323 e. The molecule has 9 heteroatoms. The molecule has 2 fully saturated rings. The van der Waals surface area contributed by atoms with E-state index in [0.29, 0.717) is 35.3 Å². The van der Waals surface area contributed by atoms with Gasteiger partial charge < -0.3 is 16.0 Å². The molecule has 4 amide bonds. The van der Waals surface area contributed by atoms with Crippen LogP contribution in [-0.2, 0) is 16.0 Å². The first-order valence-electron chi connectivity index (χ1n) is 9.21. The standard InChI is InChI=1S/C19H21N5O3S/c1-11-2-5-13(21-17(26)12-3-4-12)8-15(11)23-16(25)9-14-10-28-19(22-14)24-7-6-20-18(24)27/h2,5,8,10,12H,3-4,6-7,9H2,1H3,(H,20,27)(H,21,26)(H,23,25). The van der Waals surface area contributed by atoms with Gasteiger partial charge in [0.05, 0.1) is 12.1 Å². The Hall–Kier alpha value is -2.94. The zero-order valence-corrected chi connectivity index (χ0v) is 16.3. The maximum atomic E-state index is 12.5. The molecule has 1 aliphatic heterocycles. The Kier molecular flexibility index (Phi) is 4.99. The molecule has 2 aliphatic rings. The summed E-state index contributed by atoms with van der Waals surface area (Å²) in [6, 6.07) is 5.31. The fraction of sp³-hybridized carbons (Fsp3) is 0.368. The van der Waals surface area contributed by atoms with Gasteiger partial charge in [-0.2, -0.15) is 0 Å². The molecule has 2 aromatic rings. The lowest BCUT2D eigenvalue weighted by molar-refractivity contribution is -0.117. The van der Waals surface area contributed by atoms with Gasteiger partial charge in [0.25, 0.3) is 0 Å². The number of aryl methyl sites for hydroxylation is 1. The van der Waals surface area contributed by atoms with Crippen LogP contribution in [0.3, 0.4) is 0 Å². The third-order valence-corrected chi connectivity index (χ3v) is 5.61. The minimum Gasteiger partial charge on any atom is -0.336 e. The van der Waals surface area contributed by atoms with Crippen LogP contribution in [0.2, 0.25) is 0 Å². The molecular formula is C19H21N5O3S. The molecule has 0 unspecified atom stereocenters. The molecule has 0 bridgehead atoms. The van der Waals surface area contributed by atoms with Crippen molar-refractivity contribution in [3.63, 3.8) is 0 Å². The van der Waals surface area contributed by atoms with Crippen molar-refractivity contribution in [2.45, 2.75) is 26.2 Å². The summed E-state index contributed by atoms with van der Waals surface area (Å²) in [7, 11) is 0. The fourth-order valence-corrected chi connectivity index (χ4v) is 3.79. The molecular weight excluding hydrogens is 378 g/mol. The number of nitrogens with zero attached hydrogens (tertiary/aromatic N) is 2. The Bertz CT molecular complexity index is 937. The van der Waals surface area contributed by atoms with Gasteiger partial charge in [-0.1, -0.05) is 6.07 Å². The van der Waals surface area contributed by atoms with E-state index in [9.17, 15) is 14.4 Å². The lowest BCUT2D eigenvalue weighted by Gasteiger charge is -2.11. The van der Waals surface area contributed by atoms with Crippen molar-refractivity contribution in [1.29, 1.82) is 0 Å². The molecule has 28 heavy (non-hydrogen) atoms. The maximum absolute atomic E-state index is 12.5. The normalized spacial score (nSPS) is 16.0. The van der Waals surface area contributed by atoms with E-state index in [0.717, 1.165) is 18.4 Å². The Labute approximate surface area is 166 Å². The summed E-state index contributed by atoms with van der Waals surface area (Å²) < 4.78 is 0. The highest BCUT2D eigenvalue weighted by molar-refractivity contribution is 7.14. The molecule has 3 N–H and O–H groups in total. The minimum absolute atomic E-state index is 0.0297. The van der Waals surface area contributed by atoms with E-state index >= 15 is 0 Å². The van der Waals surface area contributed by atoms with Crippen LogP contribution in [-0.4, -0.2) is 35.9 Å². The number of carbonyl (C=O) groups is 3. The number of nitrogens with one attached hydrogen (secondary N) is 3. The topological polar surface area (TPSA) is 103 Å². The van der Waals surface area contributed by atoms with Crippen LogP contribution < -0.4 is 20.9 Å². The van der Waals surface area contributed by atoms with Gasteiger partial charge in [0.15, 0.2) is 5.13 Å². The molecule has 0 atom stereocenters. The quantitative estimate of drug-likeness (QED) is 0.694. The molecule has 2 heterocycles. The second-order valence-electron chi connectivity index (χ2n) is 7.02. The van der Waals surface area contributed by atoms with Gasteiger partial charge in [-0.05, 0) is 37.5 Å². The number of anilines is 3. The van der Waals surface area contributed by atoms with Gasteiger partial charge in [-0.15, -0.1) is 11.3 Å². The predicted molar refractivity (Wildman–Crippen MR) is 108 cm³/mol. The first-order valence-corrected chi connectivity index (χ1v) is 10.1. The zero-order valence-electron chi connectivity index (χ0n) is 15.4. The van der Waals surface area contributed by atoms with Crippen LogP contribution in [0.5, 0.6) is 0 Å². The van der Waals surface area contributed by atoms with Crippen molar-refractivity contribution in [3.05, 3.63) is 34.8 Å². The summed E-state index contributed by atoms with van der Waals surface area (Å²) in [5.74, 6) is -0.0468. The predicted octanol–water partition coefficient (Wildman–Crippen LogP) is 2.51. The molecule has 0 radical (unpaired) electrons. The Morgan fingerprint density at radius 1 is 1.32 bits per heavy atom. The number of hydrogen-bond acceptors (Lipinski definition) is 5. The van der Waals surface area contributed by atoms with E-state index in [1.54, 1.807) is 16.3 Å². The number of hydrogen-bond donors (Lipinski definition) is 3. The molecule has 1 aromatic carbocycles. The van der Waals surface area contributed by atoms with E-state index < -0.39 is 0 Å². The molecule has 4 rings (SSSR count). The largest absolute Gasteiger partial charge is 0.336 e. The van der Waals surface area contributed by atoms with E-state index in [4.69, 9.17) is 0 Å². The summed E-state index contributed by atoms with van der Waals surface area (Å²) in [5.41, 5.74) is 2.86. The Morgan fingerprint density at radius 3 is 2.86 bits per heavy atom. The van der Waals surface area contributed by atoms with E-state index in [2.05, 4.69) is 20.9 Å². The van der Waals surface area contributed by atoms with Crippen LogP contribution >= 0.6 is 11.3 Å². The highest BCUT2D eigenvalue weighted by atomic mass is 32.1. The van der Waals surface area contributed by atoms with Crippen molar-refractivity contribution in [3.8, 4) is 0 Å². The molecule has 1 aromatic heterocycles. The summed E-state index contributed by atoms with van der Waals surface area (Å²) in [4.78, 5) is 42.1. The molecule has 146 valence electrons. The lowest BCUT2D eigenvalue weighted by Crippen LogP contribution is -2.27. The average molecular weight is 399 g/mol. The third-order valence-electron chi connectivity index (χ3n) is 4.70.